The Morgan fingerprint density at radius 2 is 2.06 bits per heavy atom. The Hall–Kier alpha value is -1.55. The van der Waals surface area contributed by atoms with E-state index < -0.39 is 0 Å². The third-order valence-corrected chi connectivity index (χ3v) is 2.77. The molecule has 0 aliphatic carbocycles. The van der Waals surface area contributed by atoms with Gasteiger partial charge in [-0.2, -0.15) is 0 Å². The van der Waals surface area contributed by atoms with Crippen LogP contribution in [0.15, 0.2) is 24.3 Å². The lowest BCUT2D eigenvalue weighted by Crippen LogP contribution is -2.37. The summed E-state index contributed by atoms with van der Waals surface area (Å²) in [6, 6.07) is 7.17. The third kappa shape index (κ3) is 5.19. The number of benzene rings is 1. The molecule has 2 amide bonds. The van der Waals surface area contributed by atoms with Crippen molar-refractivity contribution in [1.82, 2.24) is 10.2 Å². The number of nitrogens with zero attached hydrogens (tertiary/aromatic N) is 1. The van der Waals surface area contributed by atoms with Gasteiger partial charge in [0.2, 0.25) is 0 Å². The smallest absolute Gasteiger partial charge is 0.317 e. The fourth-order valence-corrected chi connectivity index (χ4v) is 1.55. The first kappa shape index (κ1) is 14.5. The molecular formula is C13H17ClN2O2. The zero-order valence-electron chi connectivity index (χ0n) is 10.4. The Morgan fingerprint density at radius 3 is 2.67 bits per heavy atom. The van der Waals surface area contributed by atoms with E-state index >= 15 is 0 Å². The molecule has 4 nitrogen and oxygen atoms in total. The molecule has 1 aromatic carbocycles. The summed E-state index contributed by atoms with van der Waals surface area (Å²) in [4.78, 5) is 23.4. The zero-order chi connectivity index (χ0) is 13.4. The molecule has 0 heterocycles. The Balaban J connectivity index is 2.31. The van der Waals surface area contributed by atoms with E-state index in [1.165, 1.54) is 0 Å². The molecule has 0 unspecified atom stereocenters. The molecular weight excluding hydrogens is 252 g/mol. The van der Waals surface area contributed by atoms with Crippen LogP contribution in [-0.2, 0) is 11.3 Å². The van der Waals surface area contributed by atoms with Gasteiger partial charge in [0.15, 0.2) is 0 Å². The monoisotopic (exact) mass is 268 g/mol. The maximum atomic E-state index is 11.7. The lowest BCUT2D eigenvalue weighted by molar-refractivity contribution is -0.107. The van der Waals surface area contributed by atoms with Gasteiger partial charge in [0, 0.05) is 31.6 Å². The summed E-state index contributed by atoms with van der Waals surface area (Å²) in [5, 5.41) is 3.48. The number of carbonyl (C=O) groups excluding carboxylic acids is 2. The number of carbonyl (C=O) groups is 2. The number of aldehydes is 1. The van der Waals surface area contributed by atoms with Crippen LogP contribution in [-0.4, -0.2) is 30.8 Å². The fraction of sp³-hybridized carbons (Fsp3) is 0.385. The molecule has 0 spiro atoms. The number of urea groups is 1. The first-order chi connectivity index (χ1) is 8.63. The first-order valence-electron chi connectivity index (χ1n) is 5.80. The van der Waals surface area contributed by atoms with Crippen molar-refractivity contribution in [3.05, 3.63) is 34.9 Å². The van der Waals surface area contributed by atoms with Gasteiger partial charge in [-0.15, -0.1) is 0 Å². The fourth-order valence-electron chi connectivity index (χ4n) is 1.43. The highest BCUT2D eigenvalue weighted by Gasteiger charge is 2.06. The minimum Gasteiger partial charge on any atom is -0.334 e. The Labute approximate surface area is 112 Å². The number of nitrogens with one attached hydrogen (secondary N) is 1. The summed E-state index contributed by atoms with van der Waals surface area (Å²) in [5.41, 5.74) is 0.994. The summed E-state index contributed by atoms with van der Waals surface area (Å²) < 4.78 is 0. The minimum absolute atomic E-state index is 0.143. The average molecular weight is 269 g/mol. The van der Waals surface area contributed by atoms with E-state index in [0.29, 0.717) is 31.0 Å². The van der Waals surface area contributed by atoms with Gasteiger partial charge >= 0.3 is 6.03 Å². The van der Waals surface area contributed by atoms with E-state index in [2.05, 4.69) is 5.32 Å². The Bertz CT molecular complexity index is 392. The molecule has 0 atom stereocenters. The molecule has 1 rings (SSSR count). The number of unbranched alkanes of at least 4 members (excludes halogenated alkanes) is 1. The minimum atomic E-state index is -0.143. The van der Waals surface area contributed by atoms with Crippen LogP contribution in [0.4, 0.5) is 4.79 Å². The van der Waals surface area contributed by atoms with Gasteiger partial charge in [0.1, 0.15) is 6.29 Å². The van der Waals surface area contributed by atoms with Crippen LogP contribution in [0.1, 0.15) is 18.4 Å². The van der Waals surface area contributed by atoms with Crippen molar-refractivity contribution in [3.63, 3.8) is 0 Å². The molecule has 0 bridgehead atoms. The van der Waals surface area contributed by atoms with Crippen LogP contribution in [0, 0.1) is 0 Å². The van der Waals surface area contributed by atoms with Crippen LogP contribution >= 0.6 is 11.6 Å². The SMILES string of the molecule is CN(CCCC=O)C(=O)NCc1ccc(Cl)cc1. The highest BCUT2D eigenvalue weighted by Crippen LogP contribution is 2.09. The van der Waals surface area contributed by atoms with Crippen molar-refractivity contribution in [2.45, 2.75) is 19.4 Å². The third-order valence-electron chi connectivity index (χ3n) is 2.52. The van der Waals surface area contributed by atoms with Crippen LogP contribution < -0.4 is 5.32 Å². The molecule has 1 N–H and O–H groups in total. The predicted molar refractivity (Wildman–Crippen MR) is 71.6 cm³/mol. The van der Waals surface area contributed by atoms with Crippen molar-refractivity contribution < 1.29 is 9.59 Å². The van der Waals surface area contributed by atoms with E-state index in [1.54, 1.807) is 24.1 Å². The molecule has 98 valence electrons. The van der Waals surface area contributed by atoms with Crippen LogP contribution in [0.3, 0.4) is 0 Å². The molecule has 1 aromatic rings. The normalized spacial score (nSPS) is 9.89. The summed E-state index contributed by atoms with van der Waals surface area (Å²) in [6.45, 7) is 1.04. The molecule has 5 heteroatoms. The average Bonchev–Trinajstić information content (AvgIpc) is 2.38. The zero-order valence-corrected chi connectivity index (χ0v) is 11.1. The van der Waals surface area contributed by atoms with E-state index in [1.807, 2.05) is 12.1 Å². The number of hydrogen-bond donors (Lipinski definition) is 1. The van der Waals surface area contributed by atoms with Crippen LogP contribution in [0.25, 0.3) is 0 Å². The quantitative estimate of drug-likeness (QED) is 0.636. The van der Waals surface area contributed by atoms with E-state index in [-0.39, 0.29) is 6.03 Å². The van der Waals surface area contributed by atoms with E-state index in [0.717, 1.165) is 11.8 Å². The topological polar surface area (TPSA) is 49.4 Å². The maximum absolute atomic E-state index is 11.7. The number of rotatable bonds is 6. The maximum Gasteiger partial charge on any atom is 0.317 e. The number of halogens is 1. The Kier molecular flexibility index (Phi) is 6.22. The van der Waals surface area contributed by atoms with Gasteiger partial charge in [-0.3, -0.25) is 0 Å². The number of hydrogen-bond acceptors (Lipinski definition) is 2. The highest BCUT2D eigenvalue weighted by atomic mass is 35.5. The molecule has 0 saturated heterocycles. The highest BCUT2D eigenvalue weighted by molar-refractivity contribution is 6.30. The summed E-state index contributed by atoms with van der Waals surface area (Å²) in [7, 11) is 1.71. The second-order valence-electron chi connectivity index (χ2n) is 4.02. The first-order valence-corrected chi connectivity index (χ1v) is 6.18. The molecule has 0 saturated carbocycles. The van der Waals surface area contributed by atoms with Gasteiger partial charge < -0.3 is 15.0 Å². The van der Waals surface area contributed by atoms with Crippen molar-refractivity contribution in [2.24, 2.45) is 0 Å². The standard InChI is InChI=1S/C13H17ClN2O2/c1-16(8-2-3-9-17)13(18)15-10-11-4-6-12(14)7-5-11/h4-7,9H,2-3,8,10H2,1H3,(H,15,18). The van der Waals surface area contributed by atoms with Crippen molar-refractivity contribution in [3.8, 4) is 0 Å². The van der Waals surface area contributed by atoms with E-state index in [9.17, 15) is 9.59 Å². The second-order valence-corrected chi connectivity index (χ2v) is 4.45. The van der Waals surface area contributed by atoms with Crippen molar-refractivity contribution in [2.75, 3.05) is 13.6 Å². The van der Waals surface area contributed by atoms with Gasteiger partial charge in [0.05, 0.1) is 0 Å². The lowest BCUT2D eigenvalue weighted by Gasteiger charge is -2.17. The Morgan fingerprint density at radius 1 is 1.39 bits per heavy atom. The van der Waals surface area contributed by atoms with Gasteiger partial charge in [-0.1, -0.05) is 23.7 Å². The van der Waals surface area contributed by atoms with Gasteiger partial charge in [-0.05, 0) is 24.1 Å². The summed E-state index contributed by atoms with van der Waals surface area (Å²) >= 11 is 5.77. The molecule has 0 aliphatic rings. The molecule has 0 aromatic heterocycles. The largest absolute Gasteiger partial charge is 0.334 e. The second kappa shape index (κ2) is 7.71. The van der Waals surface area contributed by atoms with Crippen molar-refractivity contribution in [1.29, 1.82) is 0 Å². The van der Waals surface area contributed by atoms with Crippen LogP contribution in [0.2, 0.25) is 5.02 Å². The lowest BCUT2D eigenvalue weighted by atomic mass is 10.2. The molecule has 0 radical (unpaired) electrons. The molecule has 0 fully saturated rings. The number of amides is 2. The van der Waals surface area contributed by atoms with Gasteiger partial charge in [-0.25, -0.2) is 4.79 Å². The summed E-state index contributed by atoms with van der Waals surface area (Å²) in [6.07, 6.45) is 2.03. The van der Waals surface area contributed by atoms with Crippen molar-refractivity contribution >= 4 is 23.9 Å². The molecule has 18 heavy (non-hydrogen) atoms. The van der Waals surface area contributed by atoms with Crippen LogP contribution in [0.5, 0.6) is 0 Å². The molecule has 0 aliphatic heterocycles. The predicted octanol–water partition coefficient (Wildman–Crippen LogP) is 2.46. The van der Waals surface area contributed by atoms with E-state index in [4.69, 9.17) is 11.6 Å². The van der Waals surface area contributed by atoms with Gasteiger partial charge in [0.25, 0.3) is 0 Å². The summed E-state index contributed by atoms with van der Waals surface area (Å²) in [5.74, 6) is 0.